The third-order valence-corrected chi connectivity index (χ3v) is 2.58. The van der Waals surface area contributed by atoms with Gasteiger partial charge in [-0.05, 0) is 17.8 Å². The molecule has 1 atom stereocenters. The molecule has 1 heterocycles. The smallest absolute Gasteiger partial charge is 0.141 e. The molecule has 0 saturated carbocycles. The molecule has 0 N–H and O–H groups in total. The standard InChI is InChI=1S/C8H13BFP/c1-9-5-2-3-7(10)8(11)4-6-9/h2-3H,4-6,11H2,1H3/b3-2-,8-7-. The van der Waals surface area contributed by atoms with Crippen molar-refractivity contribution < 1.29 is 4.39 Å². The lowest BCUT2D eigenvalue weighted by atomic mass is 9.46. The summed E-state index contributed by atoms with van der Waals surface area (Å²) in [5.74, 6) is -0.0677. The molecule has 0 radical (unpaired) electrons. The molecule has 1 aliphatic heterocycles. The Morgan fingerprint density at radius 1 is 1.64 bits per heavy atom. The Balaban J connectivity index is 2.68. The summed E-state index contributed by atoms with van der Waals surface area (Å²) < 4.78 is 12.9. The van der Waals surface area contributed by atoms with E-state index in [1.807, 2.05) is 6.08 Å². The Labute approximate surface area is 70.2 Å². The number of hydrogen-bond donors (Lipinski definition) is 0. The molecule has 0 bridgehead atoms. The van der Waals surface area contributed by atoms with Crippen molar-refractivity contribution in [1.29, 1.82) is 0 Å². The Morgan fingerprint density at radius 2 is 2.36 bits per heavy atom. The molecular formula is C8H13BFP. The number of halogens is 1. The fourth-order valence-corrected chi connectivity index (χ4v) is 1.41. The summed E-state index contributed by atoms with van der Waals surface area (Å²) in [4.78, 5) is 0. The average Bonchev–Trinajstić information content (AvgIpc) is 1.98. The lowest BCUT2D eigenvalue weighted by Gasteiger charge is -2.08. The second-order valence-corrected chi connectivity index (χ2v) is 3.85. The molecule has 3 heteroatoms. The topological polar surface area (TPSA) is 0 Å². The fourth-order valence-electron chi connectivity index (χ4n) is 1.15. The summed E-state index contributed by atoms with van der Waals surface area (Å²) in [6.45, 7) is 2.89. The number of hydrogen-bond acceptors (Lipinski definition) is 0. The minimum Gasteiger partial charge on any atom is -0.207 e. The third-order valence-electron chi connectivity index (χ3n) is 2.02. The van der Waals surface area contributed by atoms with Gasteiger partial charge in [-0.1, -0.05) is 25.5 Å². The zero-order chi connectivity index (χ0) is 8.27. The van der Waals surface area contributed by atoms with E-state index in [0.717, 1.165) is 24.4 Å². The Bertz CT molecular complexity index is 198. The summed E-state index contributed by atoms with van der Waals surface area (Å²) >= 11 is 0. The van der Waals surface area contributed by atoms with Crippen LogP contribution in [0.5, 0.6) is 0 Å². The van der Waals surface area contributed by atoms with E-state index in [0.29, 0.717) is 6.71 Å². The third kappa shape index (κ3) is 2.79. The van der Waals surface area contributed by atoms with Crippen LogP contribution in [0.25, 0.3) is 0 Å². The monoisotopic (exact) mass is 170 g/mol. The molecule has 1 unspecified atom stereocenters. The lowest BCUT2D eigenvalue weighted by molar-refractivity contribution is 0.657. The summed E-state index contributed by atoms with van der Waals surface area (Å²) in [6.07, 6.45) is 6.48. The molecule has 0 spiro atoms. The molecule has 1 rings (SSSR count). The molecule has 0 fully saturated rings. The molecular weight excluding hydrogens is 157 g/mol. The van der Waals surface area contributed by atoms with E-state index in [9.17, 15) is 4.39 Å². The first-order valence-electron chi connectivity index (χ1n) is 4.01. The minimum atomic E-state index is -0.0677. The highest BCUT2D eigenvalue weighted by molar-refractivity contribution is 7.22. The molecule has 0 amide bonds. The van der Waals surface area contributed by atoms with Gasteiger partial charge in [0.1, 0.15) is 12.5 Å². The van der Waals surface area contributed by atoms with Crippen LogP contribution in [-0.2, 0) is 0 Å². The largest absolute Gasteiger partial charge is 0.207 e. The summed E-state index contributed by atoms with van der Waals surface area (Å²) in [5, 5.41) is 0.813. The van der Waals surface area contributed by atoms with Crippen molar-refractivity contribution in [1.82, 2.24) is 0 Å². The first kappa shape index (κ1) is 9.00. The molecule has 60 valence electrons. The number of allylic oxidation sites excluding steroid dienone is 4. The fraction of sp³-hybridized carbons (Fsp3) is 0.500. The van der Waals surface area contributed by atoms with Gasteiger partial charge in [-0.25, -0.2) is 4.39 Å². The zero-order valence-electron chi connectivity index (χ0n) is 6.81. The molecule has 0 nitrogen and oxygen atoms in total. The van der Waals surface area contributed by atoms with Gasteiger partial charge in [0, 0.05) is 0 Å². The van der Waals surface area contributed by atoms with Crippen LogP contribution in [-0.4, -0.2) is 6.71 Å². The van der Waals surface area contributed by atoms with Crippen molar-refractivity contribution in [3.8, 4) is 0 Å². The van der Waals surface area contributed by atoms with Gasteiger partial charge in [-0.15, -0.1) is 9.24 Å². The van der Waals surface area contributed by atoms with Crippen LogP contribution in [0, 0.1) is 0 Å². The Kier molecular flexibility index (Phi) is 3.32. The first-order valence-corrected chi connectivity index (χ1v) is 4.58. The highest BCUT2D eigenvalue weighted by Crippen LogP contribution is 2.24. The molecule has 0 saturated heterocycles. The van der Waals surface area contributed by atoms with E-state index < -0.39 is 0 Å². The molecule has 0 aromatic rings. The summed E-state index contributed by atoms with van der Waals surface area (Å²) in [7, 11) is 2.47. The lowest BCUT2D eigenvalue weighted by Crippen LogP contribution is -2.05. The van der Waals surface area contributed by atoms with E-state index in [1.54, 1.807) is 6.08 Å². The van der Waals surface area contributed by atoms with Crippen molar-refractivity contribution in [3.05, 3.63) is 23.3 Å². The van der Waals surface area contributed by atoms with Crippen molar-refractivity contribution in [3.63, 3.8) is 0 Å². The predicted octanol–water partition coefficient (Wildman–Crippen LogP) is 3.13. The average molecular weight is 170 g/mol. The van der Waals surface area contributed by atoms with Gasteiger partial charge in [0.25, 0.3) is 0 Å². The normalized spacial score (nSPS) is 29.5. The maximum atomic E-state index is 12.9. The summed E-state index contributed by atoms with van der Waals surface area (Å²) in [5.41, 5.74) is 0. The SMILES string of the molecule is CB1C/C=C\C(F)=C(\P)CC1. The van der Waals surface area contributed by atoms with E-state index in [2.05, 4.69) is 16.1 Å². The van der Waals surface area contributed by atoms with Gasteiger partial charge >= 0.3 is 0 Å². The van der Waals surface area contributed by atoms with E-state index in [1.165, 1.54) is 0 Å². The summed E-state index contributed by atoms with van der Waals surface area (Å²) in [6, 6.07) is 0. The molecule has 1 aliphatic rings. The molecule has 0 aromatic heterocycles. The van der Waals surface area contributed by atoms with E-state index in [4.69, 9.17) is 0 Å². The van der Waals surface area contributed by atoms with Crippen molar-refractivity contribution >= 4 is 16.0 Å². The van der Waals surface area contributed by atoms with Gasteiger partial charge in [0.05, 0.1) is 0 Å². The van der Waals surface area contributed by atoms with Gasteiger partial charge in [-0.3, -0.25) is 0 Å². The van der Waals surface area contributed by atoms with Crippen molar-refractivity contribution in [2.24, 2.45) is 0 Å². The molecule has 0 aromatic carbocycles. The second-order valence-electron chi connectivity index (χ2n) is 3.16. The van der Waals surface area contributed by atoms with Crippen LogP contribution in [0.4, 0.5) is 4.39 Å². The zero-order valence-corrected chi connectivity index (χ0v) is 7.96. The quantitative estimate of drug-likeness (QED) is 0.387. The van der Waals surface area contributed by atoms with Crippen LogP contribution in [0.1, 0.15) is 6.42 Å². The van der Waals surface area contributed by atoms with Gasteiger partial charge in [0.15, 0.2) is 0 Å². The maximum Gasteiger partial charge on any atom is 0.141 e. The van der Waals surface area contributed by atoms with Crippen molar-refractivity contribution in [2.45, 2.75) is 25.9 Å². The maximum absolute atomic E-state index is 12.9. The first-order chi connectivity index (χ1) is 5.20. The highest BCUT2D eigenvalue weighted by Gasteiger charge is 2.09. The van der Waals surface area contributed by atoms with E-state index in [-0.39, 0.29) is 5.83 Å². The predicted molar refractivity (Wildman–Crippen MR) is 52.8 cm³/mol. The van der Waals surface area contributed by atoms with Gasteiger partial charge in [-0.2, -0.15) is 0 Å². The van der Waals surface area contributed by atoms with Gasteiger partial charge in [0.2, 0.25) is 0 Å². The van der Waals surface area contributed by atoms with Crippen LogP contribution in [0.2, 0.25) is 19.5 Å². The Hall–Kier alpha value is -0.0951. The van der Waals surface area contributed by atoms with E-state index >= 15 is 0 Å². The van der Waals surface area contributed by atoms with Crippen LogP contribution in [0.3, 0.4) is 0 Å². The van der Waals surface area contributed by atoms with Gasteiger partial charge < -0.3 is 0 Å². The van der Waals surface area contributed by atoms with Crippen LogP contribution >= 0.6 is 9.24 Å². The van der Waals surface area contributed by atoms with Crippen LogP contribution in [0.15, 0.2) is 23.3 Å². The second kappa shape index (κ2) is 4.06. The van der Waals surface area contributed by atoms with Crippen LogP contribution < -0.4 is 0 Å². The number of rotatable bonds is 0. The van der Waals surface area contributed by atoms with Crippen molar-refractivity contribution in [2.75, 3.05) is 0 Å². The molecule has 0 aliphatic carbocycles. The molecule has 11 heavy (non-hydrogen) atoms. The minimum absolute atomic E-state index is 0.0677. The highest BCUT2D eigenvalue weighted by atomic mass is 31.0. The Morgan fingerprint density at radius 3 is 3.09 bits per heavy atom.